The summed E-state index contributed by atoms with van der Waals surface area (Å²) in [6.45, 7) is 2.95. The third kappa shape index (κ3) is 3.20. The minimum Gasteiger partial charge on any atom is -0.438 e. The third-order valence-electron chi connectivity index (χ3n) is 5.49. The number of fused-ring (bicyclic) bond motifs is 2. The Balaban J connectivity index is 1.29. The predicted octanol–water partition coefficient (Wildman–Crippen LogP) is 2.65. The molecule has 4 heterocycles. The van der Waals surface area contributed by atoms with Gasteiger partial charge in [-0.1, -0.05) is 0 Å². The van der Waals surface area contributed by atoms with Crippen LogP contribution in [0.4, 0.5) is 14.6 Å². The predicted molar refractivity (Wildman–Crippen MR) is 101 cm³/mol. The van der Waals surface area contributed by atoms with Gasteiger partial charge in [-0.05, 0) is 30.0 Å². The zero-order chi connectivity index (χ0) is 21.0. The molecule has 0 saturated carbocycles. The lowest BCUT2D eigenvalue weighted by Crippen LogP contribution is -2.46. The highest BCUT2D eigenvalue weighted by Crippen LogP contribution is 2.34. The van der Waals surface area contributed by atoms with E-state index in [0.29, 0.717) is 37.3 Å². The van der Waals surface area contributed by atoms with E-state index in [1.165, 1.54) is 12.3 Å². The van der Waals surface area contributed by atoms with Gasteiger partial charge in [0.05, 0.1) is 18.9 Å². The van der Waals surface area contributed by atoms with Crippen molar-refractivity contribution in [1.29, 1.82) is 0 Å². The fourth-order valence-electron chi connectivity index (χ4n) is 4.12. The second kappa shape index (κ2) is 6.59. The monoisotopic (exact) mass is 416 g/mol. The van der Waals surface area contributed by atoms with Gasteiger partial charge in [-0.3, -0.25) is 9.88 Å². The summed E-state index contributed by atoms with van der Waals surface area (Å²) in [6.07, 6.45) is 4.48. The van der Waals surface area contributed by atoms with Gasteiger partial charge in [-0.15, -0.1) is 0 Å². The summed E-state index contributed by atoms with van der Waals surface area (Å²) in [5, 5.41) is 14.3. The maximum atomic E-state index is 13.6. The van der Waals surface area contributed by atoms with Gasteiger partial charge in [-0.2, -0.15) is 0 Å². The maximum absolute atomic E-state index is 13.6. The van der Waals surface area contributed by atoms with E-state index in [2.05, 4.69) is 15.3 Å². The average Bonchev–Trinajstić information content (AvgIpc) is 3.34. The molecule has 0 bridgehead atoms. The Hall–Kier alpha value is -3.34. The topological polar surface area (TPSA) is 100 Å². The van der Waals surface area contributed by atoms with Crippen LogP contribution >= 0.6 is 0 Å². The first kappa shape index (κ1) is 18.7. The number of hydrogen-bond acceptors (Lipinski definition) is 6. The minimum absolute atomic E-state index is 0.0716. The van der Waals surface area contributed by atoms with E-state index in [9.17, 15) is 18.9 Å². The van der Waals surface area contributed by atoms with Gasteiger partial charge in [-0.25, -0.2) is 13.8 Å². The Kier molecular flexibility index (Phi) is 4.10. The molecule has 1 aromatic carbocycles. The normalized spacial score (nSPS) is 22.4. The summed E-state index contributed by atoms with van der Waals surface area (Å²) in [6, 6.07) is 4.06. The van der Waals surface area contributed by atoms with E-state index in [4.69, 9.17) is 4.74 Å². The lowest BCUT2D eigenvalue weighted by Gasteiger charge is -2.31. The molecule has 2 aromatic heterocycles. The fraction of sp³-hybridized carbons (Fsp3) is 0.368. The third-order valence-corrected chi connectivity index (χ3v) is 5.49. The summed E-state index contributed by atoms with van der Waals surface area (Å²) in [4.78, 5) is 18.8. The molecular weight excluding hydrogens is 398 g/mol. The molecule has 30 heavy (non-hydrogen) atoms. The molecule has 0 aliphatic carbocycles. The highest BCUT2D eigenvalue weighted by Gasteiger charge is 2.42. The summed E-state index contributed by atoms with van der Waals surface area (Å²) in [5.74, 6) is -1.18. The van der Waals surface area contributed by atoms with E-state index >= 15 is 0 Å². The van der Waals surface area contributed by atoms with E-state index in [1.807, 2.05) is 17.7 Å². The van der Waals surface area contributed by atoms with Crippen LogP contribution in [0.3, 0.4) is 0 Å². The molecule has 1 unspecified atom stereocenters. The summed E-state index contributed by atoms with van der Waals surface area (Å²) in [7, 11) is 0. The second-order valence-corrected chi connectivity index (χ2v) is 7.93. The van der Waals surface area contributed by atoms with Crippen molar-refractivity contribution in [3.05, 3.63) is 58.2 Å². The minimum atomic E-state index is -0.904. The standard InChI is InChI=1S/C19H18F2N6O3/c1-19(9-25-8-17(27(28)29)24-18(25)30-19)6-12-5-16-23-15(7-26(16)10-22-12)11-2-3-13(20)14(21)4-11/h2-4,7-8,12,22H,5-6,9-10H2,1H3/t12?,19-/m0/s1. The number of nitrogens with zero attached hydrogens (tertiary/aromatic N) is 5. The van der Waals surface area contributed by atoms with Gasteiger partial charge in [0.15, 0.2) is 11.6 Å². The van der Waals surface area contributed by atoms with E-state index in [-0.39, 0.29) is 17.9 Å². The van der Waals surface area contributed by atoms with Crippen LogP contribution in [0.2, 0.25) is 0 Å². The number of nitro groups is 1. The zero-order valence-electron chi connectivity index (χ0n) is 16.0. The Morgan fingerprint density at radius 2 is 2.13 bits per heavy atom. The highest BCUT2D eigenvalue weighted by atomic mass is 19.2. The molecule has 156 valence electrons. The van der Waals surface area contributed by atoms with Gasteiger partial charge >= 0.3 is 11.8 Å². The second-order valence-electron chi connectivity index (χ2n) is 7.93. The number of benzene rings is 1. The largest absolute Gasteiger partial charge is 0.438 e. The van der Waals surface area contributed by atoms with Crippen molar-refractivity contribution in [1.82, 2.24) is 24.4 Å². The molecule has 2 aliphatic heterocycles. The van der Waals surface area contributed by atoms with E-state index in [1.54, 1.807) is 4.57 Å². The molecule has 0 amide bonds. The molecule has 0 radical (unpaired) electrons. The number of hydrogen-bond donors (Lipinski definition) is 1. The van der Waals surface area contributed by atoms with Gasteiger partial charge in [0.25, 0.3) is 0 Å². The van der Waals surface area contributed by atoms with Crippen molar-refractivity contribution in [2.24, 2.45) is 0 Å². The lowest BCUT2D eigenvalue weighted by atomic mass is 9.94. The molecule has 0 saturated heterocycles. The van der Waals surface area contributed by atoms with Crippen molar-refractivity contribution < 1.29 is 18.4 Å². The van der Waals surface area contributed by atoms with Crippen molar-refractivity contribution >= 4 is 5.82 Å². The van der Waals surface area contributed by atoms with Crippen LogP contribution < -0.4 is 10.1 Å². The lowest BCUT2D eigenvalue weighted by molar-refractivity contribution is -0.389. The smallest absolute Gasteiger partial charge is 0.414 e. The molecule has 11 heteroatoms. The van der Waals surface area contributed by atoms with E-state index < -0.39 is 22.2 Å². The fourth-order valence-corrected chi connectivity index (χ4v) is 4.12. The van der Waals surface area contributed by atoms with Crippen LogP contribution in [0.1, 0.15) is 19.2 Å². The van der Waals surface area contributed by atoms with Gasteiger partial charge in [0, 0.05) is 35.6 Å². The summed E-state index contributed by atoms with van der Waals surface area (Å²) in [5.41, 5.74) is 0.555. The first-order valence-corrected chi connectivity index (χ1v) is 9.45. The molecular formula is C19H18F2N6O3. The molecule has 2 atom stereocenters. The maximum Gasteiger partial charge on any atom is 0.414 e. The number of ether oxygens (including phenoxy) is 1. The first-order valence-electron chi connectivity index (χ1n) is 9.45. The van der Waals surface area contributed by atoms with Gasteiger partial charge < -0.3 is 19.4 Å². The number of rotatable bonds is 4. The van der Waals surface area contributed by atoms with Crippen molar-refractivity contribution in [2.45, 2.75) is 44.6 Å². The average molecular weight is 416 g/mol. The van der Waals surface area contributed by atoms with Crippen molar-refractivity contribution in [2.75, 3.05) is 0 Å². The summed E-state index contributed by atoms with van der Waals surface area (Å²) >= 11 is 0. The quantitative estimate of drug-likeness (QED) is 0.519. The first-order chi connectivity index (χ1) is 14.3. The van der Waals surface area contributed by atoms with Crippen LogP contribution in [-0.4, -0.2) is 35.7 Å². The Morgan fingerprint density at radius 1 is 1.30 bits per heavy atom. The summed E-state index contributed by atoms with van der Waals surface area (Å²) < 4.78 is 36.3. The number of imidazole rings is 2. The molecule has 5 rings (SSSR count). The van der Waals surface area contributed by atoms with Crippen LogP contribution in [0.15, 0.2) is 30.6 Å². The van der Waals surface area contributed by atoms with E-state index in [0.717, 1.165) is 18.0 Å². The van der Waals surface area contributed by atoms with Crippen LogP contribution in [0, 0.1) is 21.7 Å². The Morgan fingerprint density at radius 3 is 2.87 bits per heavy atom. The SMILES string of the molecule is C[C@]1(CC2Cc3nc(-c4ccc(F)c(F)c4)cn3CN2)Cn2cc([N+](=O)[O-])nc2O1. The van der Waals surface area contributed by atoms with Crippen LogP contribution in [0.5, 0.6) is 6.01 Å². The van der Waals surface area contributed by atoms with Gasteiger partial charge in [0.1, 0.15) is 17.6 Å². The van der Waals surface area contributed by atoms with Crippen molar-refractivity contribution in [3.63, 3.8) is 0 Å². The number of halogens is 2. The van der Waals surface area contributed by atoms with Crippen molar-refractivity contribution in [3.8, 4) is 17.3 Å². The number of aromatic nitrogens is 4. The molecule has 0 fully saturated rings. The molecule has 1 N–H and O–H groups in total. The Bertz CT molecular complexity index is 1130. The molecule has 3 aromatic rings. The van der Waals surface area contributed by atoms with Crippen LogP contribution in [0.25, 0.3) is 11.3 Å². The zero-order valence-corrected chi connectivity index (χ0v) is 16.0. The molecule has 0 spiro atoms. The molecule has 2 aliphatic rings. The highest BCUT2D eigenvalue weighted by molar-refractivity contribution is 5.58. The van der Waals surface area contributed by atoms with Gasteiger partial charge in [0.2, 0.25) is 0 Å². The van der Waals surface area contributed by atoms with Crippen LogP contribution in [-0.2, 0) is 19.6 Å². The Labute approximate surface area is 169 Å². The molecule has 9 nitrogen and oxygen atoms in total. The number of nitrogens with one attached hydrogen (secondary N) is 1.